The zero-order valence-electron chi connectivity index (χ0n) is 29.8. The van der Waals surface area contributed by atoms with E-state index >= 15 is 0 Å². The molecule has 4 nitrogen and oxygen atoms in total. The minimum absolute atomic E-state index is 0.661. The van der Waals surface area contributed by atoms with Crippen LogP contribution in [0.15, 0.2) is 188 Å². The van der Waals surface area contributed by atoms with E-state index in [1.54, 1.807) is 6.20 Å². The molecular formula is C51H33N3O. The molecule has 0 unspecified atom stereocenters. The van der Waals surface area contributed by atoms with Crippen molar-refractivity contribution in [3.05, 3.63) is 199 Å². The summed E-state index contributed by atoms with van der Waals surface area (Å²) in [6.07, 6.45) is 8.10. The van der Waals surface area contributed by atoms with Gasteiger partial charge in [-0.25, -0.2) is 9.97 Å². The molecule has 0 bridgehead atoms. The molecule has 0 atom stereocenters. The van der Waals surface area contributed by atoms with Crippen LogP contribution in [0, 0.1) is 0 Å². The normalized spacial score (nSPS) is 11.7. The Balaban J connectivity index is 1.18. The van der Waals surface area contributed by atoms with Gasteiger partial charge in [-0.05, 0) is 69.1 Å². The third-order valence-electron chi connectivity index (χ3n) is 10.2. The van der Waals surface area contributed by atoms with E-state index in [-0.39, 0.29) is 0 Å². The van der Waals surface area contributed by atoms with Gasteiger partial charge in [0.05, 0.1) is 11.4 Å². The van der Waals surface area contributed by atoms with E-state index in [1.807, 2.05) is 36.5 Å². The first-order chi connectivity index (χ1) is 27.2. The van der Waals surface area contributed by atoms with E-state index in [0.29, 0.717) is 5.82 Å². The molecule has 10 rings (SSSR count). The Bertz CT molecular complexity index is 2880. The van der Waals surface area contributed by atoms with Gasteiger partial charge in [0, 0.05) is 45.6 Å². The molecule has 0 aliphatic carbocycles. The Labute approximate surface area is 319 Å². The molecule has 9 aromatic rings. The van der Waals surface area contributed by atoms with E-state index in [1.165, 1.54) is 0 Å². The van der Waals surface area contributed by atoms with Crippen LogP contribution in [-0.2, 0) is 0 Å². The standard InChI is InChI=1S/C51H33N3O/c1-2-13-38(14-3-1)47-32-48(54-51(53-47)39-25-20-34(21-26-39)41-15-10-30-52-33-41)40-27-24-37-23-22-35-11-4-6-16-42(35)44-18-8-9-19-49(44)55-50-43-17-7-5-12-36(43)28-29-45(50)46(37)31-40/h1-33H. The van der Waals surface area contributed by atoms with Crippen LogP contribution >= 0.6 is 0 Å². The summed E-state index contributed by atoms with van der Waals surface area (Å²) in [6, 6.07) is 61.0. The van der Waals surface area contributed by atoms with Crippen LogP contribution in [0.3, 0.4) is 0 Å². The molecule has 2 aromatic heterocycles. The lowest BCUT2D eigenvalue weighted by Gasteiger charge is -2.18. The highest BCUT2D eigenvalue weighted by Crippen LogP contribution is 2.45. The summed E-state index contributed by atoms with van der Waals surface area (Å²) in [4.78, 5) is 14.6. The van der Waals surface area contributed by atoms with Gasteiger partial charge in [-0.2, -0.15) is 0 Å². The molecule has 1 aliphatic rings. The van der Waals surface area contributed by atoms with Crippen molar-refractivity contribution in [2.45, 2.75) is 0 Å². The summed E-state index contributed by atoms with van der Waals surface area (Å²) in [7, 11) is 0. The summed E-state index contributed by atoms with van der Waals surface area (Å²) in [5.74, 6) is 2.29. The van der Waals surface area contributed by atoms with E-state index in [9.17, 15) is 0 Å². The summed E-state index contributed by atoms with van der Waals surface area (Å²) >= 11 is 0. The van der Waals surface area contributed by atoms with Crippen LogP contribution in [0.2, 0.25) is 0 Å². The molecule has 4 heteroatoms. The van der Waals surface area contributed by atoms with Crippen molar-refractivity contribution in [2.75, 3.05) is 0 Å². The third-order valence-corrected chi connectivity index (χ3v) is 10.2. The molecule has 0 spiro atoms. The van der Waals surface area contributed by atoms with Gasteiger partial charge in [-0.1, -0.05) is 158 Å². The molecule has 0 saturated heterocycles. The Morgan fingerprint density at radius 1 is 0.400 bits per heavy atom. The quantitative estimate of drug-likeness (QED) is 0.183. The fraction of sp³-hybridized carbons (Fsp3) is 0. The Morgan fingerprint density at radius 3 is 1.91 bits per heavy atom. The molecule has 0 N–H and O–H groups in total. The summed E-state index contributed by atoms with van der Waals surface area (Å²) in [6.45, 7) is 0. The Kier molecular flexibility index (Phi) is 8.12. The summed E-state index contributed by atoms with van der Waals surface area (Å²) in [5.41, 5.74) is 13.2. The van der Waals surface area contributed by atoms with Gasteiger partial charge < -0.3 is 4.74 Å². The fourth-order valence-electron chi connectivity index (χ4n) is 7.44. The first kappa shape index (κ1) is 32.2. The number of para-hydroxylation sites is 1. The number of benzene rings is 7. The molecule has 1 aliphatic heterocycles. The predicted octanol–water partition coefficient (Wildman–Crippen LogP) is 13.3. The van der Waals surface area contributed by atoms with Crippen molar-refractivity contribution in [3.8, 4) is 78.8 Å². The van der Waals surface area contributed by atoms with Crippen molar-refractivity contribution in [1.82, 2.24) is 15.0 Å². The van der Waals surface area contributed by atoms with Gasteiger partial charge in [0.1, 0.15) is 11.5 Å². The summed E-state index contributed by atoms with van der Waals surface area (Å²) < 4.78 is 7.08. The van der Waals surface area contributed by atoms with Crippen LogP contribution < -0.4 is 4.74 Å². The van der Waals surface area contributed by atoms with E-state index < -0.39 is 0 Å². The van der Waals surface area contributed by atoms with Crippen LogP contribution in [0.1, 0.15) is 11.1 Å². The SMILES string of the molecule is C1=Cc2ccc(-c3cc(-c4ccccc4)nc(-c4ccc(-c5cccnc5)cc4)n3)cc2-c2ccc3ccccc3c2Oc2ccccc2-c2ccccc21. The number of aromatic nitrogens is 3. The maximum absolute atomic E-state index is 7.08. The average Bonchev–Trinajstić information content (AvgIpc) is 3.28. The molecule has 0 radical (unpaired) electrons. The number of ether oxygens (including phenoxy) is 1. The number of hydrogen-bond donors (Lipinski definition) is 0. The van der Waals surface area contributed by atoms with Gasteiger partial charge in [-0.3, -0.25) is 4.98 Å². The van der Waals surface area contributed by atoms with E-state index in [0.717, 1.165) is 94.9 Å². The first-order valence-electron chi connectivity index (χ1n) is 18.4. The number of nitrogens with zero attached hydrogens (tertiary/aromatic N) is 3. The fourth-order valence-corrected chi connectivity index (χ4v) is 7.44. The second-order valence-corrected chi connectivity index (χ2v) is 13.6. The highest BCUT2D eigenvalue weighted by atomic mass is 16.5. The van der Waals surface area contributed by atoms with Gasteiger partial charge in [-0.15, -0.1) is 0 Å². The van der Waals surface area contributed by atoms with Gasteiger partial charge in [0.15, 0.2) is 5.82 Å². The predicted molar refractivity (Wildman–Crippen MR) is 225 cm³/mol. The number of pyridine rings is 1. The van der Waals surface area contributed by atoms with E-state index in [4.69, 9.17) is 14.7 Å². The highest BCUT2D eigenvalue weighted by molar-refractivity contribution is 5.99. The molecule has 55 heavy (non-hydrogen) atoms. The Morgan fingerprint density at radius 2 is 1.07 bits per heavy atom. The van der Waals surface area contributed by atoms with E-state index in [2.05, 4.69) is 163 Å². The summed E-state index contributed by atoms with van der Waals surface area (Å²) in [5, 5.41) is 2.16. The smallest absolute Gasteiger partial charge is 0.160 e. The lowest BCUT2D eigenvalue weighted by molar-refractivity contribution is 0.492. The molecule has 0 amide bonds. The zero-order chi connectivity index (χ0) is 36.6. The van der Waals surface area contributed by atoms with Crippen LogP contribution in [0.5, 0.6) is 11.5 Å². The Hall–Kier alpha value is -7.43. The molecular weight excluding hydrogens is 671 g/mol. The maximum atomic E-state index is 7.08. The first-order valence-corrected chi connectivity index (χ1v) is 18.4. The molecule has 7 aromatic carbocycles. The van der Waals surface area contributed by atoms with Crippen molar-refractivity contribution in [1.29, 1.82) is 0 Å². The number of rotatable bonds is 4. The zero-order valence-corrected chi connectivity index (χ0v) is 29.8. The average molecular weight is 704 g/mol. The molecule has 0 saturated carbocycles. The van der Waals surface area contributed by atoms with Crippen molar-refractivity contribution < 1.29 is 4.74 Å². The van der Waals surface area contributed by atoms with Gasteiger partial charge in [0.25, 0.3) is 0 Å². The van der Waals surface area contributed by atoms with Crippen LogP contribution in [-0.4, -0.2) is 15.0 Å². The lowest BCUT2D eigenvalue weighted by Crippen LogP contribution is -1.97. The second kappa shape index (κ2) is 13.8. The number of hydrogen-bond acceptors (Lipinski definition) is 4. The van der Waals surface area contributed by atoms with Gasteiger partial charge in [0.2, 0.25) is 0 Å². The second-order valence-electron chi connectivity index (χ2n) is 13.6. The molecule has 3 heterocycles. The van der Waals surface area contributed by atoms with Crippen molar-refractivity contribution >= 4 is 22.9 Å². The molecule has 258 valence electrons. The van der Waals surface area contributed by atoms with Crippen molar-refractivity contribution in [2.24, 2.45) is 0 Å². The maximum Gasteiger partial charge on any atom is 0.160 e. The minimum Gasteiger partial charge on any atom is -0.455 e. The topological polar surface area (TPSA) is 47.9 Å². The van der Waals surface area contributed by atoms with Gasteiger partial charge >= 0.3 is 0 Å². The largest absolute Gasteiger partial charge is 0.455 e. The minimum atomic E-state index is 0.661. The lowest BCUT2D eigenvalue weighted by atomic mass is 9.92. The number of fused-ring (bicyclic) bond motifs is 8. The highest BCUT2D eigenvalue weighted by Gasteiger charge is 2.20. The van der Waals surface area contributed by atoms with Crippen LogP contribution in [0.4, 0.5) is 0 Å². The monoisotopic (exact) mass is 703 g/mol. The third kappa shape index (κ3) is 6.16. The van der Waals surface area contributed by atoms with Crippen molar-refractivity contribution in [3.63, 3.8) is 0 Å². The van der Waals surface area contributed by atoms with Crippen LogP contribution in [0.25, 0.3) is 90.2 Å². The molecule has 0 fully saturated rings.